The first-order valence-corrected chi connectivity index (χ1v) is 9.27. The fourth-order valence-corrected chi connectivity index (χ4v) is 4.28. The Morgan fingerprint density at radius 3 is 2.33 bits per heavy atom. The topological polar surface area (TPSA) is 60.0 Å². The summed E-state index contributed by atoms with van der Waals surface area (Å²) in [5.41, 5.74) is 2.04. The standard InChI is InChI=1S/C22H29NO4/c1-15(16-5-8-18(25-2)9-6-16)22(14-24)13-23-12-19(22)17-7-10-20(26-3)21(11-17)27-4/h5-11,15,19,23-24H,12-14H2,1-4H3. The van der Waals surface area contributed by atoms with E-state index in [2.05, 4.69) is 30.4 Å². The number of methoxy groups -OCH3 is 3. The minimum absolute atomic E-state index is 0.103. The molecule has 5 heteroatoms. The molecule has 0 aliphatic carbocycles. The maximum Gasteiger partial charge on any atom is 0.160 e. The summed E-state index contributed by atoms with van der Waals surface area (Å²) < 4.78 is 16.1. The average molecular weight is 371 g/mol. The summed E-state index contributed by atoms with van der Waals surface area (Å²) in [5.74, 6) is 2.60. The highest BCUT2D eigenvalue weighted by Crippen LogP contribution is 2.50. The Morgan fingerprint density at radius 1 is 1.04 bits per heavy atom. The quantitative estimate of drug-likeness (QED) is 0.783. The zero-order valence-corrected chi connectivity index (χ0v) is 16.5. The van der Waals surface area contributed by atoms with Gasteiger partial charge < -0.3 is 24.6 Å². The second-order valence-electron chi connectivity index (χ2n) is 7.18. The lowest BCUT2D eigenvalue weighted by Crippen LogP contribution is -2.38. The highest BCUT2D eigenvalue weighted by atomic mass is 16.5. The molecule has 3 rings (SSSR count). The van der Waals surface area contributed by atoms with Crippen molar-refractivity contribution < 1.29 is 19.3 Å². The number of aliphatic hydroxyl groups excluding tert-OH is 1. The van der Waals surface area contributed by atoms with Crippen molar-refractivity contribution in [2.24, 2.45) is 5.41 Å². The van der Waals surface area contributed by atoms with Crippen molar-refractivity contribution in [2.45, 2.75) is 18.8 Å². The minimum Gasteiger partial charge on any atom is -0.497 e. The van der Waals surface area contributed by atoms with Gasteiger partial charge in [-0.2, -0.15) is 0 Å². The third-order valence-electron chi connectivity index (χ3n) is 6.08. The molecule has 0 aromatic heterocycles. The molecular weight excluding hydrogens is 342 g/mol. The van der Waals surface area contributed by atoms with E-state index in [9.17, 15) is 5.11 Å². The number of nitrogens with one attached hydrogen (secondary N) is 1. The fourth-order valence-electron chi connectivity index (χ4n) is 4.28. The molecular formula is C22H29NO4. The fraction of sp³-hybridized carbons (Fsp3) is 0.455. The van der Waals surface area contributed by atoms with Crippen LogP contribution in [0.2, 0.25) is 0 Å². The zero-order chi connectivity index (χ0) is 19.4. The number of rotatable bonds is 7. The van der Waals surface area contributed by atoms with Crippen LogP contribution in [0.3, 0.4) is 0 Å². The predicted octanol–water partition coefficient (Wildman–Crippen LogP) is 3.18. The van der Waals surface area contributed by atoms with Gasteiger partial charge in [-0.25, -0.2) is 0 Å². The second-order valence-corrected chi connectivity index (χ2v) is 7.18. The van der Waals surface area contributed by atoms with E-state index in [1.165, 1.54) is 5.56 Å². The molecule has 2 aromatic carbocycles. The highest BCUT2D eigenvalue weighted by molar-refractivity contribution is 5.45. The molecule has 1 saturated heterocycles. The van der Waals surface area contributed by atoms with Crippen LogP contribution in [0.25, 0.3) is 0 Å². The molecule has 0 radical (unpaired) electrons. The third-order valence-corrected chi connectivity index (χ3v) is 6.08. The molecule has 3 unspecified atom stereocenters. The van der Waals surface area contributed by atoms with Crippen molar-refractivity contribution in [3.63, 3.8) is 0 Å². The molecule has 5 nitrogen and oxygen atoms in total. The second kappa shape index (κ2) is 8.19. The molecule has 0 bridgehead atoms. The largest absolute Gasteiger partial charge is 0.497 e. The number of hydrogen-bond donors (Lipinski definition) is 2. The Morgan fingerprint density at radius 2 is 1.74 bits per heavy atom. The summed E-state index contributed by atoms with van der Waals surface area (Å²) >= 11 is 0. The van der Waals surface area contributed by atoms with E-state index in [0.717, 1.165) is 24.4 Å². The summed E-state index contributed by atoms with van der Waals surface area (Å²) in [6, 6.07) is 14.2. The normalized spacial score (nSPS) is 23.1. The van der Waals surface area contributed by atoms with Crippen molar-refractivity contribution in [1.82, 2.24) is 5.32 Å². The van der Waals surface area contributed by atoms with Crippen LogP contribution in [0.5, 0.6) is 17.2 Å². The SMILES string of the molecule is COc1ccc(C(C)C2(CO)CNCC2c2ccc(OC)c(OC)c2)cc1. The summed E-state index contributed by atoms with van der Waals surface area (Å²) in [6.07, 6.45) is 0. The molecule has 0 spiro atoms. The van der Waals surface area contributed by atoms with Crippen molar-refractivity contribution >= 4 is 0 Å². The molecule has 1 aliphatic heterocycles. The third kappa shape index (κ3) is 3.49. The molecule has 27 heavy (non-hydrogen) atoms. The van der Waals surface area contributed by atoms with Gasteiger partial charge >= 0.3 is 0 Å². The summed E-state index contributed by atoms with van der Waals surface area (Å²) in [4.78, 5) is 0. The first-order chi connectivity index (χ1) is 13.1. The van der Waals surface area contributed by atoms with Crippen LogP contribution in [0.1, 0.15) is 29.9 Å². The van der Waals surface area contributed by atoms with Crippen molar-refractivity contribution in [2.75, 3.05) is 41.0 Å². The lowest BCUT2D eigenvalue weighted by atomic mass is 9.65. The zero-order valence-electron chi connectivity index (χ0n) is 16.5. The molecule has 1 fully saturated rings. The van der Waals surface area contributed by atoms with Gasteiger partial charge in [0.1, 0.15) is 5.75 Å². The number of benzene rings is 2. The van der Waals surface area contributed by atoms with Gasteiger partial charge in [-0.15, -0.1) is 0 Å². The van der Waals surface area contributed by atoms with Crippen LogP contribution in [-0.4, -0.2) is 46.1 Å². The average Bonchev–Trinajstić information content (AvgIpc) is 3.18. The van der Waals surface area contributed by atoms with Crippen LogP contribution < -0.4 is 19.5 Å². The van der Waals surface area contributed by atoms with Gasteiger partial charge in [0.15, 0.2) is 11.5 Å². The Balaban J connectivity index is 1.97. The maximum absolute atomic E-state index is 10.5. The maximum atomic E-state index is 10.5. The van der Waals surface area contributed by atoms with Gasteiger partial charge in [-0.05, 0) is 41.3 Å². The number of ether oxygens (including phenoxy) is 3. The minimum atomic E-state index is -0.297. The predicted molar refractivity (Wildman–Crippen MR) is 106 cm³/mol. The van der Waals surface area contributed by atoms with Gasteiger partial charge in [0.2, 0.25) is 0 Å². The molecule has 1 heterocycles. The molecule has 3 atom stereocenters. The van der Waals surface area contributed by atoms with Gasteiger partial charge in [-0.3, -0.25) is 0 Å². The van der Waals surface area contributed by atoms with E-state index < -0.39 is 0 Å². The van der Waals surface area contributed by atoms with Gasteiger partial charge in [0, 0.05) is 24.4 Å². The first-order valence-electron chi connectivity index (χ1n) is 9.27. The van der Waals surface area contributed by atoms with E-state index >= 15 is 0 Å². The molecule has 0 amide bonds. The van der Waals surface area contributed by atoms with Crippen molar-refractivity contribution in [3.05, 3.63) is 53.6 Å². The van der Waals surface area contributed by atoms with Crippen LogP contribution in [0.4, 0.5) is 0 Å². The Labute approximate surface area is 161 Å². The molecule has 0 saturated carbocycles. The van der Waals surface area contributed by atoms with E-state index in [1.54, 1.807) is 21.3 Å². The van der Waals surface area contributed by atoms with Gasteiger partial charge in [0.05, 0.1) is 27.9 Å². The first kappa shape index (κ1) is 19.5. The van der Waals surface area contributed by atoms with E-state index in [0.29, 0.717) is 11.5 Å². The molecule has 1 aliphatic rings. The Kier molecular flexibility index (Phi) is 5.92. The number of aliphatic hydroxyl groups is 1. The van der Waals surface area contributed by atoms with Crippen LogP contribution in [0.15, 0.2) is 42.5 Å². The van der Waals surface area contributed by atoms with Gasteiger partial charge in [0.25, 0.3) is 0 Å². The molecule has 2 aromatic rings. The van der Waals surface area contributed by atoms with Crippen molar-refractivity contribution in [1.29, 1.82) is 0 Å². The smallest absolute Gasteiger partial charge is 0.160 e. The Bertz CT molecular complexity index is 761. The Hall–Kier alpha value is -2.24. The number of hydrogen-bond acceptors (Lipinski definition) is 5. The monoisotopic (exact) mass is 371 g/mol. The van der Waals surface area contributed by atoms with Gasteiger partial charge in [-0.1, -0.05) is 25.1 Å². The van der Waals surface area contributed by atoms with E-state index in [-0.39, 0.29) is 23.9 Å². The van der Waals surface area contributed by atoms with Crippen LogP contribution in [0, 0.1) is 5.41 Å². The van der Waals surface area contributed by atoms with E-state index in [4.69, 9.17) is 14.2 Å². The van der Waals surface area contributed by atoms with Crippen molar-refractivity contribution in [3.8, 4) is 17.2 Å². The highest BCUT2D eigenvalue weighted by Gasteiger charge is 2.47. The van der Waals surface area contributed by atoms with Crippen LogP contribution in [-0.2, 0) is 0 Å². The summed E-state index contributed by atoms with van der Waals surface area (Å²) in [6.45, 7) is 3.87. The summed E-state index contributed by atoms with van der Waals surface area (Å²) in [7, 11) is 4.95. The summed E-state index contributed by atoms with van der Waals surface area (Å²) in [5, 5.41) is 14.0. The lowest BCUT2D eigenvalue weighted by Gasteiger charge is -2.39. The van der Waals surface area contributed by atoms with E-state index in [1.807, 2.05) is 24.3 Å². The molecule has 146 valence electrons. The lowest BCUT2D eigenvalue weighted by molar-refractivity contribution is 0.102. The molecule has 2 N–H and O–H groups in total. The van der Waals surface area contributed by atoms with Crippen LogP contribution >= 0.6 is 0 Å².